The first-order valence-electron chi connectivity index (χ1n) is 9.91. The van der Waals surface area contributed by atoms with Gasteiger partial charge in [0.15, 0.2) is 0 Å². The molecule has 1 fully saturated rings. The largest absolute Gasteiger partial charge is 0.385 e. The zero-order chi connectivity index (χ0) is 22.6. The fourth-order valence-corrected chi connectivity index (χ4v) is 4.10. The van der Waals surface area contributed by atoms with Gasteiger partial charge in [-0.1, -0.05) is 40.1 Å². The number of likely N-dealkylation sites (tertiary alicyclic amines) is 1. The van der Waals surface area contributed by atoms with Gasteiger partial charge in [0, 0.05) is 45.2 Å². The number of carbonyl (C=O) groups excluding carboxylic acids is 3. The predicted octanol–water partition coefficient (Wildman–Crippen LogP) is 2.11. The predicted molar refractivity (Wildman–Crippen MR) is 111 cm³/mol. The van der Waals surface area contributed by atoms with Crippen molar-refractivity contribution < 1.29 is 23.7 Å². The zero-order valence-corrected chi connectivity index (χ0v) is 18.5. The van der Waals surface area contributed by atoms with Crippen LogP contribution < -0.4 is 0 Å². The van der Waals surface area contributed by atoms with Gasteiger partial charge in [0.1, 0.15) is 11.4 Å². The molecule has 1 aromatic heterocycles. The van der Waals surface area contributed by atoms with Gasteiger partial charge in [-0.05, 0) is 25.0 Å². The fraction of sp³-hybridized carbons (Fsp3) is 0.476. The Kier molecular flexibility index (Phi) is 7.07. The molecule has 31 heavy (non-hydrogen) atoms. The maximum absolute atomic E-state index is 13.5. The highest BCUT2D eigenvalue weighted by molar-refractivity contribution is 6.32. The van der Waals surface area contributed by atoms with E-state index in [9.17, 15) is 14.4 Å². The van der Waals surface area contributed by atoms with E-state index in [-0.39, 0.29) is 37.7 Å². The molecule has 1 aliphatic rings. The normalized spacial score (nSPS) is 18.6. The summed E-state index contributed by atoms with van der Waals surface area (Å²) in [7, 11) is 3.16. The molecule has 0 bridgehead atoms. The molecule has 10 heteroatoms. The Labute approximate surface area is 185 Å². The van der Waals surface area contributed by atoms with Crippen molar-refractivity contribution in [1.29, 1.82) is 0 Å². The maximum Gasteiger partial charge on any atom is 0.240 e. The molecule has 1 aliphatic heterocycles. The number of hydrogen-bond acceptors (Lipinski definition) is 7. The Balaban J connectivity index is 1.90. The molecule has 0 saturated carbocycles. The average molecular weight is 449 g/mol. The summed E-state index contributed by atoms with van der Waals surface area (Å²) in [6.45, 7) is 2.55. The Bertz CT molecular complexity index is 978. The van der Waals surface area contributed by atoms with E-state index < -0.39 is 11.3 Å². The van der Waals surface area contributed by atoms with Crippen LogP contribution in [0, 0.1) is 6.92 Å². The van der Waals surface area contributed by atoms with E-state index in [1.54, 1.807) is 45.3 Å². The molecular weight excluding hydrogens is 424 g/mol. The number of hydrogen-bond donors (Lipinski definition) is 0. The number of amides is 3. The number of aryl methyl sites for hydroxylation is 1. The van der Waals surface area contributed by atoms with Crippen LogP contribution in [0.2, 0.25) is 5.02 Å². The highest BCUT2D eigenvalue weighted by atomic mass is 35.5. The van der Waals surface area contributed by atoms with Gasteiger partial charge in [-0.2, -0.15) is 0 Å². The van der Waals surface area contributed by atoms with Crippen molar-refractivity contribution in [2.24, 2.45) is 0 Å². The minimum absolute atomic E-state index is 0.118. The SMILES string of the molecule is COCCCN1C(=O)CC(CC(=O)N(C)Cc2nonc2C)(c2ccccc2Cl)C1=O. The van der Waals surface area contributed by atoms with Crippen molar-refractivity contribution in [3.8, 4) is 0 Å². The summed E-state index contributed by atoms with van der Waals surface area (Å²) >= 11 is 6.42. The second-order valence-corrected chi connectivity index (χ2v) is 8.07. The first kappa shape index (κ1) is 22.9. The quantitative estimate of drug-likeness (QED) is 0.427. The van der Waals surface area contributed by atoms with Gasteiger partial charge in [-0.25, -0.2) is 4.63 Å². The number of carbonyl (C=O) groups is 3. The first-order chi connectivity index (χ1) is 14.8. The minimum atomic E-state index is -1.36. The summed E-state index contributed by atoms with van der Waals surface area (Å²) in [6, 6.07) is 6.84. The summed E-state index contributed by atoms with van der Waals surface area (Å²) in [6.07, 6.45) is 0.203. The molecule has 1 saturated heterocycles. The number of rotatable bonds is 9. The molecule has 1 unspecified atom stereocenters. The Morgan fingerprint density at radius 3 is 2.71 bits per heavy atom. The lowest BCUT2D eigenvalue weighted by Gasteiger charge is -2.29. The Morgan fingerprint density at radius 2 is 2.06 bits per heavy atom. The number of methoxy groups -OCH3 is 1. The van der Waals surface area contributed by atoms with Crippen LogP contribution in [0.1, 0.15) is 36.2 Å². The van der Waals surface area contributed by atoms with Crippen LogP contribution in [0.4, 0.5) is 0 Å². The molecule has 0 spiro atoms. The molecule has 2 aromatic rings. The lowest BCUT2D eigenvalue weighted by atomic mass is 9.75. The molecule has 166 valence electrons. The van der Waals surface area contributed by atoms with Crippen LogP contribution in [0.5, 0.6) is 0 Å². The highest BCUT2D eigenvalue weighted by Gasteiger charge is 2.54. The van der Waals surface area contributed by atoms with Crippen molar-refractivity contribution in [2.75, 3.05) is 27.3 Å². The van der Waals surface area contributed by atoms with Crippen LogP contribution in [0.25, 0.3) is 0 Å². The van der Waals surface area contributed by atoms with Gasteiger partial charge in [0.05, 0.1) is 12.0 Å². The van der Waals surface area contributed by atoms with E-state index in [0.717, 1.165) is 0 Å². The monoisotopic (exact) mass is 448 g/mol. The van der Waals surface area contributed by atoms with Gasteiger partial charge in [0.2, 0.25) is 17.7 Å². The Morgan fingerprint density at radius 1 is 1.32 bits per heavy atom. The topological polar surface area (TPSA) is 106 Å². The van der Waals surface area contributed by atoms with Crippen molar-refractivity contribution in [2.45, 2.75) is 38.1 Å². The van der Waals surface area contributed by atoms with Crippen LogP contribution in [-0.2, 0) is 31.1 Å². The number of imide groups is 1. The van der Waals surface area contributed by atoms with Crippen LogP contribution in [0.3, 0.4) is 0 Å². The summed E-state index contributed by atoms with van der Waals surface area (Å²) in [5, 5.41) is 7.86. The zero-order valence-electron chi connectivity index (χ0n) is 17.8. The number of halogens is 1. The third-order valence-electron chi connectivity index (χ3n) is 5.54. The number of benzene rings is 1. The first-order valence-corrected chi connectivity index (χ1v) is 10.3. The molecule has 3 amide bonds. The molecule has 3 rings (SSSR count). The number of ether oxygens (including phenoxy) is 1. The molecule has 1 aromatic carbocycles. The van der Waals surface area contributed by atoms with Gasteiger partial charge in [0.25, 0.3) is 0 Å². The third kappa shape index (κ3) is 4.62. The van der Waals surface area contributed by atoms with E-state index in [0.29, 0.717) is 35.0 Å². The van der Waals surface area contributed by atoms with E-state index in [1.807, 2.05) is 0 Å². The van der Waals surface area contributed by atoms with Crippen LogP contribution in [0.15, 0.2) is 28.9 Å². The fourth-order valence-electron chi connectivity index (χ4n) is 3.79. The molecule has 1 atom stereocenters. The van der Waals surface area contributed by atoms with E-state index in [4.69, 9.17) is 16.3 Å². The van der Waals surface area contributed by atoms with E-state index in [1.165, 1.54) is 9.80 Å². The molecule has 0 radical (unpaired) electrons. The van der Waals surface area contributed by atoms with Gasteiger partial charge >= 0.3 is 0 Å². The summed E-state index contributed by atoms with van der Waals surface area (Å²) in [5.74, 6) is -1.06. The van der Waals surface area contributed by atoms with Gasteiger partial charge in [-0.3, -0.25) is 19.3 Å². The second-order valence-electron chi connectivity index (χ2n) is 7.66. The molecular formula is C21H25ClN4O5. The van der Waals surface area contributed by atoms with Gasteiger partial charge in [-0.15, -0.1) is 0 Å². The number of aromatic nitrogens is 2. The van der Waals surface area contributed by atoms with Crippen molar-refractivity contribution in [3.63, 3.8) is 0 Å². The summed E-state index contributed by atoms with van der Waals surface area (Å²) in [4.78, 5) is 42.1. The van der Waals surface area contributed by atoms with Crippen molar-refractivity contribution >= 4 is 29.3 Å². The average Bonchev–Trinajstić information content (AvgIpc) is 3.24. The summed E-state index contributed by atoms with van der Waals surface area (Å²) < 4.78 is 9.72. The van der Waals surface area contributed by atoms with Crippen LogP contribution >= 0.6 is 11.6 Å². The standard InChI is InChI=1S/C21H25ClN4O5/c1-14-17(24-31-23-14)13-25(2)18(27)11-21(15-7-4-5-8-16(15)22)12-19(28)26(20(21)29)9-6-10-30-3/h4-5,7-8H,6,9-13H2,1-3H3. The van der Waals surface area contributed by atoms with Crippen molar-refractivity contribution in [3.05, 3.63) is 46.2 Å². The highest BCUT2D eigenvalue weighted by Crippen LogP contribution is 2.43. The third-order valence-corrected chi connectivity index (χ3v) is 5.87. The molecule has 0 N–H and O–H groups in total. The van der Waals surface area contributed by atoms with E-state index in [2.05, 4.69) is 14.9 Å². The van der Waals surface area contributed by atoms with Crippen LogP contribution in [-0.4, -0.2) is 65.1 Å². The molecule has 9 nitrogen and oxygen atoms in total. The smallest absolute Gasteiger partial charge is 0.240 e. The second kappa shape index (κ2) is 9.57. The van der Waals surface area contributed by atoms with Gasteiger partial charge < -0.3 is 9.64 Å². The molecule has 0 aliphatic carbocycles. The minimum Gasteiger partial charge on any atom is -0.385 e. The lowest BCUT2D eigenvalue weighted by Crippen LogP contribution is -2.43. The van der Waals surface area contributed by atoms with Crippen molar-refractivity contribution in [1.82, 2.24) is 20.1 Å². The Hall–Kier alpha value is -2.78. The maximum atomic E-state index is 13.5. The number of nitrogens with zero attached hydrogens (tertiary/aromatic N) is 4. The summed E-state index contributed by atoms with van der Waals surface area (Å²) in [5.41, 5.74) is 0.227. The van der Waals surface area contributed by atoms with E-state index >= 15 is 0 Å². The lowest BCUT2D eigenvalue weighted by molar-refractivity contribution is -0.142. The molecule has 2 heterocycles.